The molecular formula is C14H16N2O3S2. The molecule has 3 atom stereocenters. The van der Waals surface area contributed by atoms with Crippen molar-refractivity contribution in [2.75, 3.05) is 18.6 Å². The summed E-state index contributed by atoms with van der Waals surface area (Å²) >= 11 is 3.27. The Kier molecular flexibility index (Phi) is 4.14. The molecule has 2 aliphatic rings. The number of thioether (sulfide) groups is 2. The molecule has 1 aromatic rings. The molecule has 2 aliphatic heterocycles. The molecular weight excluding hydrogens is 308 g/mol. The maximum Gasteiger partial charge on any atom is 0.321 e. The zero-order chi connectivity index (χ0) is 15.0. The number of para-hydroxylation sites is 1. The predicted octanol–water partition coefficient (Wildman–Crippen LogP) is 1.71. The minimum absolute atomic E-state index is 0.0592. The number of likely N-dealkylation sites (N-methyl/N-ethyl adjacent to an activating group) is 1. The summed E-state index contributed by atoms with van der Waals surface area (Å²) in [6.07, 6.45) is 0. The number of benzene rings is 1. The molecule has 0 aromatic heterocycles. The maximum atomic E-state index is 11.2. The largest absolute Gasteiger partial charge is 0.507 e. The van der Waals surface area contributed by atoms with Crippen molar-refractivity contribution in [1.29, 1.82) is 0 Å². The third-order valence-corrected chi connectivity index (χ3v) is 6.34. The van der Waals surface area contributed by atoms with E-state index < -0.39 is 12.0 Å². The number of aromatic hydroxyl groups is 1. The Balaban J connectivity index is 1.78. The molecule has 1 fully saturated rings. The predicted molar refractivity (Wildman–Crippen MR) is 86.3 cm³/mol. The van der Waals surface area contributed by atoms with E-state index in [-0.39, 0.29) is 17.2 Å². The number of hydrogen-bond donors (Lipinski definition) is 2. The number of carboxylic acids is 1. The zero-order valence-corrected chi connectivity index (χ0v) is 13.1. The molecule has 3 rings (SSSR count). The van der Waals surface area contributed by atoms with E-state index in [1.165, 1.54) is 0 Å². The van der Waals surface area contributed by atoms with Crippen molar-refractivity contribution < 1.29 is 15.0 Å². The van der Waals surface area contributed by atoms with Crippen LogP contribution in [0.4, 0.5) is 0 Å². The van der Waals surface area contributed by atoms with E-state index in [1.54, 1.807) is 35.7 Å². The number of nitrogens with zero attached hydrogens (tertiary/aromatic N) is 2. The van der Waals surface area contributed by atoms with Crippen molar-refractivity contribution in [3.63, 3.8) is 0 Å². The van der Waals surface area contributed by atoms with Crippen LogP contribution in [-0.4, -0.2) is 62.1 Å². The summed E-state index contributed by atoms with van der Waals surface area (Å²) in [5.41, 5.74) is 0.755. The molecule has 1 saturated heterocycles. The molecule has 1 aromatic carbocycles. The molecule has 0 spiro atoms. The summed E-state index contributed by atoms with van der Waals surface area (Å²) in [7, 11) is 1.85. The fourth-order valence-corrected chi connectivity index (χ4v) is 5.33. The molecule has 3 unspecified atom stereocenters. The third kappa shape index (κ3) is 2.77. The quantitative estimate of drug-likeness (QED) is 0.882. The van der Waals surface area contributed by atoms with Crippen LogP contribution in [0.15, 0.2) is 29.3 Å². The van der Waals surface area contributed by atoms with Gasteiger partial charge in [0.25, 0.3) is 0 Å². The van der Waals surface area contributed by atoms with Gasteiger partial charge in [0.15, 0.2) is 0 Å². The normalized spacial score (nSPS) is 29.6. The van der Waals surface area contributed by atoms with Gasteiger partial charge in [0.1, 0.15) is 16.8 Å². The van der Waals surface area contributed by atoms with E-state index in [0.29, 0.717) is 5.75 Å². The number of phenolic OH excluding ortho intramolecular Hbond substituents is 1. The molecule has 0 radical (unpaired) electrons. The highest BCUT2D eigenvalue weighted by Gasteiger charge is 2.41. The van der Waals surface area contributed by atoms with Crippen molar-refractivity contribution in [3.8, 4) is 5.75 Å². The number of carbonyl (C=O) groups is 1. The van der Waals surface area contributed by atoms with Gasteiger partial charge in [-0.3, -0.25) is 14.7 Å². The van der Waals surface area contributed by atoms with E-state index in [1.807, 2.05) is 24.1 Å². The van der Waals surface area contributed by atoms with Crippen LogP contribution in [-0.2, 0) is 4.79 Å². The second kappa shape index (κ2) is 5.90. The summed E-state index contributed by atoms with van der Waals surface area (Å²) < 4.78 is 0. The number of hydrogen-bond acceptors (Lipinski definition) is 6. The Bertz CT molecular complexity index is 593. The third-order valence-electron chi connectivity index (χ3n) is 3.74. The van der Waals surface area contributed by atoms with Gasteiger partial charge < -0.3 is 10.2 Å². The molecule has 7 heteroatoms. The van der Waals surface area contributed by atoms with Crippen molar-refractivity contribution >= 4 is 34.5 Å². The Morgan fingerprint density at radius 1 is 1.38 bits per heavy atom. The van der Waals surface area contributed by atoms with Gasteiger partial charge in [0, 0.05) is 17.1 Å². The van der Waals surface area contributed by atoms with E-state index in [9.17, 15) is 15.0 Å². The number of aliphatic imine (C=N–C) groups is 1. The second-order valence-electron chi connectivity index (χ2n) is 5.07. The van der Waals surface area contributed by atoms with Crippen LogP contribution < -0.4 is 0 Å². The molecule has 0 amide bonds. The fraction of sp³-hybridized carbons (Fsp3) is 0.429. The summed E-state index contributed by atoms with van der Waals surface area (Å²) in [4.78, 5) is 17.8. The standard InChI is InChI=1S/C14H16N2O3S2/c1-16-10(14(18)19)7-21-13(16)9-6-20-12(15-9)8-4-2-3-5-11(8)17/h2-5,9-10,13,17H,6-7H2,1H3,(H,18,19). The van der Waals surface area contributed by atoms with Crippen molar-refractivity contribution in [1.82, 2.24) is 4.90 Å². The molecule has 2 N–H and O–H groups in total. The average Bonchev–Trinajstić information content (AvgIpc) is 3.05. The minimum Gasteiger partial charge on any atom is -0.507 e. The second-order valence-corrected chi connectivity index (χ2v) is 7.23. The van der Waals surface area contributed by atoms with E-state index in [4.69, 9.17) is 4.99 Å². The van der Waals surface area contributed by atoms with Crippen LogP contribution in [0.25, 0.3) is 0 Å². The van der Waals surface area contributed by atoms with Crippen LogP contribution in [0.5, 0.6) is 5.75 Å². The number of aliphatic carboxylic acids is 1. The smallest absolute Gasteiger partial charge is 0.321 e. The van der Waals surface area contributed by atoms with E-state index >= 15 is 0 Å². The Hall–Kier alpha value is -1.18. The number of rotatable bonds is 3. The highest BCUT2D eigenvalue weighted by molar-refractivity contribution is 8.14. The Labute approximate surface area is 131 Å². The van der Waals surface area contributed by atoms with Crippen LogP contribution in [0, 0.1) is 0 Å². The fourth-order valence-electron chi connectivity index (χ4n) is 2.57. The summed E-state index contributed by atoms with van der Waals surface area (Å²) in [5, 5.41) is 20.0. The van der Waals surface area contributed by atoms with E-state index in [0.717, 1.165) is 16.4 Å². The first-order valence-electron chi connectivity index (χ1n) is 6.63. The van der Waals surface area contributed by atoms with Gasteiger partial charge in [-0.2, -0.15) is 0 Å². The van der Waals surface area contributed by atoms with Gasteiger partial charge in [-0.1, -0.05) is 12.1 Å². The zero-order valence-electron chi connectivity index (χ0n) is 11.5. The lowest BCUT2D eigenvalue weighted by Crippen LogP contribution is -2.42. The van der Waals surface area contributed by atoms with Crippen molar-refractivity contribution in [3.05, 3.63) is 29.8 Å². The van der Waals surface area contributed by atoms with E-state index in [2.05, 4.69) is 0 Å². The Morgan fingerprint density at radius 3 is 2.81 bits per heavy atom. The summed E-state index contributed by atoms with van der Waals surface area (Å²) in [5.74, 6) is 0.875. The molecule has 0 aliphatic carbocycles. The molecule has 0 bridgehead atoms. The van der Waals surface area contributed by atoms with Crippen molar-refractivity contribution in [2.45, 2.75) is 17.5 Å². The van der Waals surface area contributed by atoms with Gasteiger partial charge in [-0.15, -0.1) is 23.5 Å². The van der Waals surface area contributed by atoms with Gasteiger partial charge in [0.2, 0.25) is 0 Å². The first kappa shape index (κ1) is 14.7. The van der Waals surface area contributed by atoms with Gasteiger partial charge in [-0.05, 0) is 19.2 Å². The first-order valence-corrected chi connectivity index (χ1v) is 8.66. The van der Waals surface area contributed by atoms with Crippen molar-refractivity contribution in [2.24, 2.45) is 4.99 Å². The molecule has 21 heavy (non-hydrogen) atoms. The average molecular weight is 324 g/mol. The molecule has 5 nitrogen and oxygen atoms in total. The van der Waals surface area contributed by atoms with Crippen LogP contribution in [0.3, 0.4) is 0 Å². The minimum atomic E-state index is -0.775. The van der Waals surface area contributed by atoms with Crippen LogP contribution in [0.1, 0.15) is 5.56 Å². The highest BCUT2D eigenvalue weighted by atomic mass is 32.2. The lowest BCUT2D eigenvalue weighted by molar-refractivity contribution is -0.141. The lowest BCUT2D eigenvalue weighted by atomic mass is 10.2. The van der Waals surface area contributed by atoms with Gasteiger partial charge in [0.05, 0.1) is 11.4 Å². The Morgan fingerprint density at radius 2 is 2.14 bits per heavy atom. The molecule has 0 saturated carbocycles. The van der Waals surface area contributed by atoms with Crippen LogP contribution >= 0.6 is 23.5 Å². The maximum absolute atomic E-state index is 11.2. The monoisotopic (exact) mass is 324 g/mol. The lowest BCUT2D eigenvalue weighted by Gasteiger charge is -2.24. The van der Waals surface area contributed by atoms with Crippen LogP contribution in [0.2, 0.25) is 0 Å². The topological polar surface area (TPSA) is 73.1 Å². The number of phenols is 1. The molecule has 2 heterocycles. The molecule has 112 valence electrons. The first-order chi connectivity index (χ1) is 10.1. The highest BCUT2D eigenvalue weighted by Crippen LogP contribution is 2.37. The number of carboxylic acid groups (broad SMARTS) is 1. The summed E-state index contributed by atoms with van der Waals surface area (Å²) in [6, 6.07) is 6.80. The summed E-state index contributed by atoms with van der Waals surface area (Å²) in [6.45, 7) is 0. The van der Waals surface area contributed by atoms with Gasteiger partial charge in [-0.25, -0.2) is 0 Å². The SMILES string of the molecule is CN1C(C(=O)O)CSC1C1CSC(c2ccccc2O)=N1. The van der Waals surface area contributed by atoms with Gasteiger partial charge >= 0.3 is 5.97 Å².